The Morgan fingerprint density at radius 1 is 0.341 bits per heavy atom. The summed E-state index contributed by atoms with van der Waals surface area (Å²) < 4.78 is 5.25. The minimum atomic E-state index is -2.46. The van der Waals surface area contributed by atoms with Gasteiger partial charge in [-0.1, -0.05) is 194 Å². The average Bonchev–Trinajstić information content (AvgIpc) is 3.04. The molecule has 0 heterocycles. The van der Waals surface area contributed by atoms with Crippen molar-refractivity contribution in [1.29, 1.82) is 0 Å². The van der Waals surface area contributed by atoms with Crippen LogP contribution in [0.5, 0.6) is 0 Å². The topological polar surface area (TPSA) is 118 Å². The fourth-order valence-electron chi connectivity index (χ4n) is 5.99. The summed E-state index contributed by atoms with van der Waals surface area (Å²) in [5.74, 6) is -4.79. The Balaban J connectivity index is 3.90. The quantitative estimate of drug-likeness (QED) is 0.0231. The molecule has 1 atom stereocenters. The number of hydrogen-bond acceptors (Lipinski definition) is 8. The minimum Gasteiger partial charge on any atom is -0.341 e. The van der Waals surface area contributed by atoms with E-state index in [1.54, 1.807) is 0 Å². The third-order valence-corrected chi connectivity index (χ3v) is 8.92. The van der Waals surface area contributed by atoms with Gasteiger partial charge in [-0.2, -0.15) is 14.7 Å². The predicted molar refractivity (Wildman–Crippen MR) is 179 cm³/mol. The normalized spacial score (nSPS) is 13.5. The highest BCUT2D eigenvalue weighted by molar-refractivity contribution is 4.63. The second-order valence-corrected chi connectivity index (χ2v) is 13.2. The molecular formula is C36H74O8. The zero-order chi connectivity index (χ0) is 32.5. The molecule has 0 aromatic heterocycles. The highest BCUT2D eigenvalue weighted by atomic mass is 17.3. The van der Waals surface area contributed by atoms with Crippen molar-refractivity contribution >= 4 is 0 Å². The van der Waals surface area contributed by atoms with Crippen LogP contribution in [0.1, 0.15) is 219 Å². The molecule has 266 valence electrons. The van der Waals surface area contributed by atoms with E-state index in [4.69, 9.17) is 4.74 Å². The van der Waals surface area contributed by atoms with Gasteiger partial charge in [0.1, 0.15) is 0 Å². The summed E-state index contributed by atoms with van der Waals surface area (Å²) in [5, 5.41) is 38.7. The van der Waals surface area contributed by atoms with Crippen LogP contribution in [0.4, 0.5) is 0 Å². The molecule has 8 heteroatoms. The van der Waals surface area contributed by atoms with E-state index in [1.807, 2.05) is 0 Å². The molecule has 4 N–H and O–H groups in total. The van der Waals surface area contributed by atoms with Gasteiger partial charge < -0.3 is 5.11 Å². The molecule has 0 saturated carbocycles. The van der Waals surface area contributed by atoms with E-state index in [-0.39, 0.29) is 12.8 Å². The Morgan fingerprint density at radius 2 is 0.591 bits per heavy atom. The van der Waals surface area contributed by atoms with Gasteiger partial charge in [0.25, 0.3) is 0 Å². The van der Waals surface area contributed by atoms with Crippen LogP contribution in [0.25, 0.3) is 0 Å². The molecule has 0 fully saturated rings. The SMILES string of the molecule is CCCCCCCCCCCCCCCCCC(O)(OO)OC(CCCCCCCCCCCCCCCCC)(OO)OO. The van der Waals surface area contributed by atoms with Crippen molar-refractivity contribution in [2.45, 2.75) is 231 Å². The van der Waals surface area contributed by atoms with Crippen LogP contribution in [0.3, 0.4) is 0 Å². The van der Waals surface area contributed by atoms with Crippen LogP contribution in [0.15, 0.2) is 0 Å². The highest BCUT2D eigenvalue weighted by Gasteiger charge is 2.45. The lowest BCUT2D eigenvalue weighted by Crippen LogP contribution is -2.48. The summed E-state index contributed by atoms with van der Waals surface area (Å²) in [7, 11) is 0. The van der Waals surface area contributed by atoms with Crippen LogP contribution in [0, 0.1) is 0 Å². The Labute approximate surface area is 271 Å². The van der Waals surface area contributed by atoms with E-state index < -0.39 is 11.9 Å². The molecular weight excluding hydrogens is 560 g/mol. The van der Waals surface area contributed by atoms with Crippen molar-refractivity contribution < 1.29 is 40.3 Å². The summed E-state index contributed by atoms with van der Waals surface area (Å²) in [5.41, 5.74) is 0. The van der Waals surface area contributed by atoms with Gasteiger partial charge in [-0.05, 0) is 12.8 Å². The minimum absolute atomic E-state index is 0.0389. The Bertz CT molecular complexity index is 560. The van der Waals surface area contributed by atoms with Gasteiger partial charge >= 0.3 is 11.9 Å². The van der Waals surface area contributed by atoms with E-state index in [2.05, 4.69) is 28.5 Å². The molecule has 0 rings (SSSR count). The monoisotopic (exact) mass is 635 g/mol. The van der Waals surface area contributed by atoms with E-state index in [0.717, 1.165) is 38.5 Å². The molecule has 0 amide bonds. The molecule has 0 aliphatic carbocycles. The smallest absolute Gasteiger partial charge is 0.341 e. The Hall–Kier alpha value is -0.320. The number of aliphatic hydroxyl groups is 1. The van der Waals surface area contributed by atoms with E-state index in [0.29, 0.717) is 12.8 Å². The maximum Gasteiger partial charge on any atom is 0.343 e. The lowest BCUT2D eigenvalue weighted by Gasteiger charge is -2.34. The maximum atomic E-state index is 10.6. The van der Waals surface area contributed by atoms with Crippen LogP contribution >= 0.6 is 0 Å². The maximum absolute atomic E-state index is 10.6. The first-order valence-corrected chi connectivity index (χ1v) is 18.9. The number of unbranched alkanes of at least 4 members (excludes halogenated alkanes) is 28. The predicted octanol–water partition coefficient (Wildman–Crippen LogP) is 12.3. The number of rotatable bonds is 37. The first kappa shape index (κ1) is 43.7. The zero-order valence-corrected chi connectivity index (χ0v) is 29.0. The third-order valence-electron chi connectivity index (χ3n) is 8.92. The van der Waals surface area contributed by atoms with Crippen LogP contribution < -0.4 is 0 Å². The van der Waals surface area contributed by atoms with Gasteiger partial charge in [0.05, 0.1) is 0 Å². The standard InChI is InChI=1S/C36H74O8/c1-3-5-7-9-11-13-15-17-19-21-23-25-27-29-31-33-35(37,42-38)41-36(43-39,44-40)34-32-30-28-26-24-22-20-18-16-14-12-10-8-6-4-2/h37-40H,3-34H2,1-2H3. The molecule has 0 radical (unpaired) electrons. The molecule has 0 aromatic rings. The van der Waals surface area contributed by atoms with Crippen molar-refractivity contribution in [3.05, 3.63) is 0 Å². The lowest BCUT2D eigenvalue weighted by molar-refractivity contribution is -0.626. The molecule has 0 aromatic carbocycles. The zero-order valence-electron chi connectivity index (χ0n) is 29.0. The number of ether oxygens (including phenoxy) is 1. The van der Waals surface area contributed by atoms with Gasteiger partial charge in [-0.3, -0.25) is 4.74 Å². The summed E-state index contributed by atoms with van der Waals surface area (Å²) in [6.07, 6.45) is 36.1. The van der Waals surface area contributed by atoms with Crippen LogP contribution in [0.2, 0.25) is 0 Å². The van der Waals surface area contributed by atoms with Crippen molar-refractivity contribution in [3.63, 3.8) is 0 Å². The summed E-state index contributed by atoms with van der Waals surface area (Å²) in [6, 6.07) is 0. The van der Waals surface area contributed by atoms with Gasteiger partial charge in [0.2, 0.25) is 0 Å². The van der Waals surface area contributed by atoms with E-state index >= 15 is 0 Å². The van der Waals surface area contributed by atoms with E-state index in [1.165, 1.54) is 141 Å². The van der Waals surface area contributed by atoms with Crippen molar-refractivity contribution in [2.75, 3.05) is 0 Å². The third kappa shape index (κ3) is 26.9. The second-order valence-electron chi connectivity index (χ2n) is 13.2. The highest BCUT2D eigenvalue weighted by Crippen LogP contribution is 2.30. The molecule has 0 aliphatic heterocycles. The largest absolute Gasteiger partial charge is 0.343 e. The second kappa shape index (κ2) is 32.6. The average molecular weight is 635 g/mol. The summed E-state index contributed by atoms with van der Waals surface area (Å²) in [6.45, 7) is 4.51. The van der Waals surface area contributed by atoms with Crippen LogP contribution in [-0.2, 0) is 19.4 Å². The molecule has 0 aliphatic rings. The molecule has 0 saturated heterocycles. The van der Waals surface area contributed by atoms with Crippen molar-refractivity contribution in [3.8, 4) is 0 Å². The van der Waals surface area contributed by atoms with Crippen molar-refractivity contribution in [2.24, 2.45) is 0 Å². The van der Waals surface area contributed by atoms with Crippen molar-refractivity contribution in [1.82, 2.24) is 0 Å². The van der Waals surface area contributed by atoms with Gasteiger partial charge in [0.15, 0.2) is 0 Å². The molecule has 0 spiro atoms. The lowest BCUT2D eigenvalue weighted by atomic mass is 10.0. The van der Waals surface area contributed by atoms with Gasteiger partial charge in [-0.15, -0.1) is 0 Å². The summed E-state index contributed by atoms with van der Waals surface area (Å²) >= 11 is 0. The van der Waals surface area contributed by atoms with Gasteiger partial charge in [-0.25, -0.2) is 15.8 Å². The molecule has 1 unspecified atom stereocenters. The molecule has 8 nitrogen and oxygen atoms in total. The Kier molecular flexibility index (Phi) is 32.4. The van der Waals surface area contributed by atoms with Crippen LogP contribution in [-0.4, -0.2) is 32.8 Å². The first-order chi connectivity index (χ1) is 21.5. The fraction of sp³-hybridized carbons (Fsp3) is 1.00. The fourth-order valence-corrected chi connectivity index (χ4v) is 5.99. The van der Waals surface area contributed by atoms with Gasteiger partial charge in [0, 0.05) is 12.8 Å². The summed E-state index contributed by atoms with van der Waals surface area (Å²) in [4.78, 5) is 12.8. The first-order valence-electron chi connectivity index (χ1n) is 18.9. The Morgan fingerprint density at radius 3 is 0.841 bits per heavy atom. The molecule has 0 bridgehead atoms. The van der Waals surface area contributed by atoms with E-state index in [9.17, 15) is 20.9 Å². The molecule has 44 heavy (non-hydrogen) atoms. The number of hydrogen-bond donors (Lipinski definition) is 4.